The highest BCUT2D eigenvalue weighted by atomic mass is 79.9. The molecule has 128 valence electrons. The molecule has 1 heterocycles. The van der Waals surface area contributed by atoms with Crippen LogP contribution in [0.4, 0.5) is 0 Å². The van der Waals surface area contributed by atoms with Crippen molar-refractivity contribution in [1.29, 1.82) is 0 Å². The van der Waals surface area contributed by atoms with Crippen LogP contribution in [0.3, 0.4) is 0 Å². The van der Waals surface area contributed by atoms with Gasteiger partial charge in [-0.15, -0.1) is 0 Å². The van der Waals surface area contributed by atoms with Crippen molar-refractivity contribution in [2.75, 3.05) is 14.2 Å². The van der Waals surface area contributed by atoms with Crippen molar-refractivity contribution in [1.82, 2.24) is 0 Å². The Morgan fingerprint density at radius 2 is 1.67 bits per heavy atom. The number of benzene rings is 2. The molecule has 2 aromatic rings. The summed E-state index contributed by atoms with van der Waals surface area (Å²) < 4.78 is 18.5. The lowest BCUT2D eigenvalue weighted by molar-refractivity contribution is -0.0292. The van der Waals surface area contributed by atoms with E-state index in [1.165, 1.54) is 5.56 Å². The second-order valence-electron chi connectivity index (χ2n) is 6.46. The quantitative estimate of drug-likeness (QED) is 0.721. The normalized spacial score (nSPS) is 19.9. The van der Waals surface area contributed by atoms with E-state index >= 15 is 0 Å². The van der Waals surface area contributed by atoms with Crippen LogP contribution in [0.1, 0.15) is 36.6 Å². The van der Waals surface area contributed by atoms with Gasteiger partial charge in [0.2, 0.25) is 0 Å². The predicted molar refractivity (Wildman–Crippen MR) is 98.9 cm³/mol. The third-order valence-electron chi connectivity index (χ3n) is 4.58. The van der Waals surface area contributed by atoms with E-state index in [1.807, 2.05) is 0 Å². The minimum absolute atomic E-state index is 0.0888. The van der Waals surface area contributed by atoms with Crippen molar-refractivity contribution in [2.45, 2.75) is 32.5 Å². The molecule has 2 aromatic carbocycles. The van der Waals surface area contributed by atoms with Crippen LogP contribution in [0.25, 0.3) is 0 Å². The second kappa shape index (κ2) is 7.16. The van der Waals surface area contributed by atoms with Crippen LogP contribution in [-0.4, -0.2) is 20.3 Å². The van der Waals surface area contributed by atoms with E-state index < -0.39 is 0 Å². The summed E-state index contributed by atoms with van der Waals surface area (Å²) in [7, 11) is 3.34. The maximum atomic E-state index is 6.46. The first-order valence-electron chi connectivity index (χ1n) is 8.19. The van der Waals surface area contributed by atoms with Gasteiger partial charge in [0.25, 0.3) is 0 Å². The maximum absolute atomic E-state index is 6.46. The van der Waals surface area contributed by atoms with E-state index in [-0.39, 0.29) is 12.2 Å². The minimum Gasteiger partial charge on any atom is -0.493 e. The molecule has 0 spiro atoms. The number of fused-ring (bicyclic) bond motifs is 1. The number of rotatable bonds is 4. The molecule has 0 bridgehead atoms. The Bertz CT molecular complexity index is 710. The molecular weight excluding hydrogens is 368 g/mol. The molecule has 0 amide bonds. The molecule has 1 aliphatic rings. The van der Waals surface area contributed by atoms with Crippen molar-refractivity contribution in [2.24, 2.45) is 5.92 Å². The van der Waals surface area contributed by atoms with Gasteiger partial charge < -0.3 is 14.2 Å². The number of hydrogen-bond donors (Lipinski definition) is 0. The maximum Gasteiger partial charge on any atom is 0.161 e. The Morgan fingerprint density at radius 1 is 1.04 bits per heavy atom. The van der Waals surface area contributed by atoms with E-state index in [2.05, 4.69) is 66.2 Å². The van der Waals surface area contributed by atoms with Crippen molar-refractivity contribution in [3.05, 3.63) is 57.6 Å². The van der Waals surface area contributed by atoms with Crippen molar-refractivity contribution in [3.8, 4) is 11.5 Å². The highest BCUT2D eigenvalue weighted by Gasteiger charge is 2.31. The molecular formula is C20H23BrO3. The molecule has 3 rings (SSSR count). The largest absolute Gasteiger partial charge is 0.493 e. The first-order valence-corrected chi connectivity index (χ1v) is 8.98. The van der Waals surface area contributed by atoms with Gasteiger partial charge in [-0.1, -0.05) is 41.9 Å². The molecule has 2 atom stereocenters. The topological polar surface area (TPSA) is 27.7 Å². The van der Waals surface area contributed by atoms with E-state index in [0.717, 1.165) is 33.5 Å². The van der Waals surface area contributed by atoms with Gasteiger partial charge in [0.15, 0.2) is 11.5 Å². The molecule has 4 heteroatoms. The van der Waals surface area contributed by atoms with Crippen LogP contribution in [0.15, 0.2) is 40.9 Å². The minimum atomic E-state index is -0.0888. The summed E-state index contributed by atoms with van der Waals surface area (Å²) >= 11 is 3.50. The van der Waals surface area contributed by atoms with Crippen molar-refractivity contribution < 1.29 is 14.2 Å². The first-order chi connectivity index (χ1) is 11.5. The van der Waals surface area contributed by atoms with Gasteiger partial charge in [-0.3, -0.25) is 0 Å². The van der Waals surface area contributed by atoms with E-state index in [4.69, 9.17) is 14.2 Å². The smallest absolute Gasteiger partial charge is 0.161 e. The van der Waals surface area contributed by atoms with Crippen LogP contribution in [0.5, 0.6) is 11.5 Å². The van der Waals surface area contributed by atoms with Gasteiger partial charge in [-0.25, -0.2) is 0 Å². The fourth-order valence-corrected chi connectivity index (χ4v) is 3.42. The first kappa shape index (κ1) is 17.3. The molecule has 0 saturated carbocycles. The van der Waals surface area contributed by atoms with Crippen LogP contribution < -0.4 is 9.47 Å². The van der Waals surface area contributed by atoms with Gasteiger partial charge in [0.05, 0.1) is 20.3 Å². The predicted octanol–water partition coefficient (Wildman–Crippen LogP) is 5.15. The lowest BCUT2D eigenvalue weighted by atomic mass is 9.87. The Balaban J connectivity index is 2.10. The van der Waals surface area contributed by atoms with Gasteiger partial charge >= 0.3 is 0 Å². The third kappa shape index (κ3) is 3.31. The van der Waals surface area contributed by atoms with Crippen molar-refractivity contribution >= 4 is 15.9 Å². The Morgan fingerprint density at radius 3 is 2.25 bits per heavy atom. The monoisotopic (exact) mass is 390 g/mol. The standard InChI is InChI=1S/C20H23BrO3/c1-12(2)17-9-14-10-18(22-3)19(23-4)11-16(14)20(24-17)13-5-7-15(21)8-6-13/h5-8,10-12,17,20H,9H2,1-4H3. The fourth-order valence-electron chi connectivity index (χ4n) is 3.16. The fraction of sp³-hybridized carbons (Fsp3) is 0.400. The third-order valence-corrected chi connectivity index (χ3v) is 5.10. The number of halogens is 1. The Kier molecular flexibility index (Phi) is 5.16. The molecule has 0 saturated heterocycles. The Labute approximate surface area is 152 Å². The summed E-state index contributed by atoms with van der Waals surface area (Å²) in [5.41, 5.74) is 3.58. The number of methoxy groups -OCH3 is 2. The lowest BCUT2D eigenvalue weighted by Gasteiger charge is -2.35. The zero-order valence-electron chi connectivity index (χ0n) is 14.5. The molecule has 2 unspecified atom stereocenters. The molecule has 3 nitrogen and oxygen atoms in total. The van der Waals surface area contributed by atoms with Gasteiger partial charge in [0.1, 0.15) is 6.10 Å². The zero-order valence-corrected chi connectivity index (χ0v) is 16.1. The molecule has 0 aromatic heterocycles. The van der Waals surface area contributed by atoms with Crippen molar-refractivity contribution in [3.63, 3.8) is 0 Å². The molecule has 0 aliphatic carbocycles. The summed E-state index contributed by atoms with van der Waals surface area (Å²) in [5.74, 6) is 1.96. The number of hydrogen-bond acceptors (Lipinski definition) is 3. The SMILES string of the molecule is COc1cc2c(cc1OC)C(c1ccc(Br)cc1)OC(C(C)C)C2. The lowest BCUT2D eigenvalue weighted by Crippen LogP contribution is -2.31. The van der Waals surface area contributed by atoms with Gasteiger partial charge in [-0.2, -0.15) is 0 Å². The molecule has 1 aliphatic heterocycles. The summed E-state index contributed by atoms with van der Waals surface area (Å²) in [5, 5.41) is 0. The molecule has 0 radical (unpaired) electrons. The highest BCUT2D eigenvalue weighted by molar-refractivity contribution is 9.10. The highest BCUT2D eigenvalue weighted by Crippen LogP contribution is 2.42. The van der Waals surface area contributed by atoms with Gasteiger partial charge in [-0.05, 0) is 53.3 Å². The van der Waals surface area contributed by atoms with Crippen LogP contribution >= 0.6 is 15.9 Å². The second-order valence-corrected chi connectivity index (χ2v) is 7.38. The van der Waals surface area contributed by atoms with Crippen LogP contribution in [-0.2, 0) is 11.2 Å². The van der Waals surface area contributed by atoms with E-state index in [0.29, 0.717) is 5.92 Å². The summed E-state index contributed by atoms with van der Waals surface area (Å²) in [4.78, 5) is 0. The van der Waals surface area contributed by atoms with E-state index in [1.54, 1.807) is 14.2 Å². The summed E-state index contributed by atoms with van der Waals surface area (Å²) in [6, 6.07) is 12.5. The summed E-state index contributed by atoms with van der Waals surface area (Å²) in [6.07, 6.45) is 0.985. The van der Waals surface area contributed by atoms with E-state index in [9.17, 15) is 0 Å². The zero-order chi connectivity index (χ0) is 17.3. The summed E-state index contributed by atoms with van der Waals surface area (Å²) in [6.45, 7) is 4.41. The average Bonchev–Trinajstić information content (AvgIpc) is 2.60. The molecule has 0 N–H and O–H groups in total. The average molecular weight is 391 g/mol. The van der Waals surface area contributed by atoms with Gasteiger partial charge in [0, 0.05) is 4.47 Å². The molecule has 24 heavy (non-hydrogen) atoms. The molecule has 0 fully saturated rings. The van der Waals surface area contributed by atoms with Crippen LogP contribution in [0.2, 0.25) is 0 Å². The Hall–Kier alpha value is -1.52. The van der Waals surface area contributed by atoms with Crippen LogP contribution in [0, 0.1) is 5.92 Å². The number of ether oxygens (including phenoxy) is 3.